The van der Waals surface area contributed by atoms with Crippen LogP contribution in [0.2, 0.25) is 0 Å². The maximum Gasteiger partial charge on any atom is 0.224 e. The van der Waals surface area contributed by atoms with Gasteiger partial charge in [0.2, 0.25) is 11.0 Å². The Morgan fingerprint density at radius 3 is 2.66 bits per heavy atom. The van der Waals surface area contributed by atoms with Crippen LogP contribution < -0.4 is 10.6 Å². The first-order valence-corrected chi connectivity index (χ1v) is 11.5. The molecule has 0 aliphatic carbocycles. The molecule has 1 heterocycles. The Morgan fingerprint density at radius 1 is 1.21 bits per heavy atom. The van der Waals surface area contributed by atoms with Crippen LogP contribution in [0.3, 0.4) is 0 Å². The molecule has 9 heteroatoms. The van der Waals surface area contributed by atoms with Crippen molar-refractivity contribution in [1.29, 1.82) is 0 Å². The number of hydrogen-bond acceptors (Lipinski definition) is 8. The molecule has 2 rings (SSSR count). The van der Waals surface area contributed by atoms with E-state index in [4.69, 9.17) is 4.74 Å². The fourth-order valence-corrected chi connectivity index (χ4v) is 4.45. The molecule has 7 nitrogen and oxygen atoms in total. The summed E-state index contributed by atoms with van der Waals surface area (Å²) in [5, 5.41) is 14.8. The van der Waals surface area contributed by atoms with E-state index in [9.17, 15) is 9.59 Å². The summed E-state index contributed by atoms with van der Waals surface area (Å²) in [4.78, 5) is 24.3. The molecule has 0 radical (unpaired) electrons. The van der Waals surface area contributed by atoms with Crippen LogP contribution in [0.25, 0.3) is 0 Å². The van der Waals surface area contributed by atoms with Gasteiger partial charge in [-0.25, -0.2) is 0 Å². The maximum atomic E-state index is 12.7. The second kappa shape index (κ2) is 12.6. The predicted octanol–water partition coefficient (Wildman–Crippen LogP) is 4.48. The van der Waals surface area contributed by atoms with E-state index in [1.165, 1.54) is 23.1 Å². The summed E-state index contributed by atoms with van der Waals surface area (Å²) in [6, 6.07) is 7.00. The van der Waals surface area contributed by atoms with Gasteiger partial charge in [-0.1, -0.05) is 30.0 Å². The van der Waals surface area contributed by atoms with Gasteiger partial charge in [0.15, 0.2) is 10.1 Å². The number of aromatic nitrogens is 2. The lowest BCUT2D eigenvalue weighted by Gasteiger charge is -2.09. The predicted molar refractivity (Wildman–Crippen MR) is 119 cm³/mol. The number of nitrogens with zero attached hydrogens (tertiary/aromatic N) is 2. The van der Waals surface area contributed by atoms with E-state index >= 15 is 0 Å². The van der Waals surface area contributed by atoms with Crippen LogP contribution in [-0.2, 0) is 9.53 Å². The first-order chi connectivity index (χ1) is 14.0. The molecule has 0 aliphatic heterocycles. The largest absolute Gasteiger partial charge is 0.382 e. The normalized spacial score (nSPS) is 11.8. The molecular weight excluding hydrogens is 408 g/mol. The summed E-state index contributed by atoms with van der Waals surface area (Å²) in [7, 11) is 0. The van der Waals surface area contributed by atoms with Crippen molar-refractivity contribution in [2.45, 2.75) is 49.6 Å². The second-order valence-corrected chi connectivity index (χ2v) is 8.92. The number of rotatable bonds is 13. The van der Waals surface area contributed by atoms with Crippen molar-refractivity contribution in [3.05, 3.63) is 29.8 Å². The number of amides is 1. The minimum Gasteiger partial charge on any atom is -0.382 e. The highest BCUT2D eigenvalue weighted by atomic mass is 32.2. The molecule has 1 aromatic carbocycles. The number of thioether (sulfide) groups is 1. The Kier molecular flexibility index (Phi) is 10.1. The molecule has 0 bridgehead atoms. The van der Waals surface area contributed by atoms with Gasteiger partial charge in [-0.3, -0.25) is 9.59 Å². The molecule has 1 atom stereocenters. The summed E-state index contributed by atoms with van der Waals surface area (Å²) in [5.41, 5.74) is 1.31. The van der Waals surface area contributed by atoms with Crippen LogP contribution in [0, 0.1) is 0 Å². The lowest BCUT2D eigenvalue weighted by Crippen LogP contribution is -2.14. The van der Waals surface area contributed by atoms with Crippen molar-refractivity contribution in [1.82, 2.24) is 10.2 Å². The SMILES string of the molecule is CCCC(=O)Nc1ccc(C(=O)[C@H](C)Sc2nnc(NCCCOCC)s2)cc1. The third-order valence-corrected chi connectivity index (χ3v) is 5.99. The van der Waals surface area contributed by atoms with Crippen molar-refractivity contribution in [2.75, 3.05) is 30.4 Å². The number of benzene rings is 1. The van der Waals surface area contributed by atoms with Gasteiger partial charge in [0.1, 0.15) is 0 Å². The van der Waals surface area contributed by atoms with Gasteiger partial charge in [-0.05, 0) is 51.0 Å². The van der Waals surface area contributed by atoms with E-state index in [0.29, 0.717) is 17.7 Å². The van der Waals surface area contributed by atoms with Crippen LogP contribution in [0.5, 0.6) is 0 Å². The lowest BCUT2D eigenvalue weighted by atomic mass is 10.1. The van der Waals surface area contributed by atoms with Gasteiger partial charge < -0.3 is 15.4 Å². The molecule has 0 saturated heterocycles. The van der Waals surface area contributed by atoms with E-state index in [1.54, 1.807) is 24.3 Å². The number of Topliss-reactive ketones (excluding diaryl/α,β-unsaturated/α-hetero) is 1. The monoisotopic (exact) mass is 436 g/mol. The summed E-state index contributed by atoms with van der Waals surface area (Å²) in [6.45, 7) is 8.01. The highest BCUT2D eigenvalue weighted by Crippen LogP contribution is 2.30. The molecule has 2 aromatic rings. The summed E-state index contributed by atoms with van der Waals surface area (Å²) >= 11 is 2.84. The fourth-order valence-electron chi connectivity index (χ4n) is 2.45. The molecule has 0 unspecified atom stereocenters. The van der Waals surface area contributed by atoms with Crippen LogP contribution in [-0.4, -0.2) is 46.9 Å². The average molecular weight is 437 g/mol. The van der Waals surface area contributed by atoms with E-state index in [1.807, 2.05) is 20.8 Å². The highest BCUT2D eigenvalue weighted by Gasteiger charge is 2.19. The Balaban J connectivity index is 1.83. The van der Waals surface area contributed by atoms with Gasteiger partial charge >= 0.3 is 0 Å². The van der Waals surface area contributed by atoms with Crippen LogP contribution in [0.4, 0.5) is 10.8 Å². The average Bonchev–Trinajstić information content (AvgIpc) is 3.15. The molecule has 29 heavy (non-hydrogen) atoms. The minimum absolute atomic E-state index is 0.0165. The minimum atomic E-state index is -0.283. The zero-order valence-electron chi connectivity index (χ0n) is 17.1. The molecule has 0 fully saturated rings. The molecule has 0 aliphatic rings. The van der Waals surface area contributed by atoms with Gasteiger partial charge in [-0.2, -0.15) is 0 Å². The van der Waals surface area contributed by atoms with E-state index in [2.05, 4.69) is 20.8 Å². The number of anilines is 2. The summed E-state index contributed by atoms with van der Waals surface area (Å²) < 4.78 is 6.05. The Morgan fingerprint density at radius 2 is 1.97 bits per heavy atom. The molecular formula is C20H28N4O3S2. The van der Waals surface area contributed by atoms with E-state index < -0.39 is 0 Å². The zero-order valence-corrected chi connectivity index (χ0v) is 18.7. The topological polar surface area (TPSA) is 93.2 Å². The molecule has 0 spiro atoms. The third kappa shape index (κ3) is 8.12. The molecule has 158 valence electrons. The highest BCUT2D eigenvalue weighted by molar-refractivity contribution is 8.02. The smallest absolute Gasteiger partial charge is 0.224 e. The number of hydrogen-bond donors (Lipinski definition) is 2. The molecule has 0 saturated carbocycles. The number of carbonyl (C=O) groups is 2. The number of ketones is 1. The fraction of sp³-hybridized carbons (Fsp3) is 0.500. The van der Waals surface area contributed by atoms with Crippen LogP contribution in [0.1, 0.15) is 50.4 Å². The first kappa shape index (κ1) is 23.3. The number of nitrogens with one attached hydrogen (secondary N) is 2. The third-order valence-electron chi connectivity index (χ3n) is 3.93. The van der Waals surface area contributed by atoms with Crippen LogP contribution in [0.15, 0.2) is 28.6 Å². The van der Waals surface area contributed by atoms with Crippen molar-refractivity contribution in [3.63, 3.8) is 0 Å². The number of ether oxygens (including phenoxy) is 1. The van der Waals surface area contributed by atoms with Crippen molar-refractivity contribution in [3.8, 4) is 0 Å². The molecule has 1 aromatic heterocycles. The maximum absolute atomic E-state index is 12.7. The molecule has 2 N–H and O–H groups in total. The van der Waals surface area contributed by atoms with E-state index in [-0.39, 0.29) is 16.9 Å². The van der Waals surface area contributed by atoms with Gasteiger partial charge in [0.05, 0.1) is 5.25 Å². The van der Waals surface area contributed by atoms with Crippen LogP contribution >= 0.6 is 23.1 Å². The van der Waals surface area contributed by atoms with Gasteiger partial charge in [0.25, 0.3) is 0 Å². The van der Waals surface area contributed by atoms with Gasteiger partial charge in [-0.15, -0.1) is 10.2 Å². The first-order valence-electron chi connectivity index (χ1n) is 9.79. The zero-order chi connectivity index (χ0) is 21.1. The standard InChI is InChI=1S/C20H28N4O3S2/c1-4-7-17(25)22-16-10-8-15(9-11-16)18(26)14(3)28-20-24-23-19(29-20)21-12-6-13-27-5-2/h8-11,14H,4-7,12-13H2,1-3H3,(H,21,23)(H,22,25)/t14-/m0/s1. The quantitative estimate of drug-likeness (QED) is 0.272. The summed E-state index contributed by atoms with van der Waals surface area (Å²) in [5.74, 6) is -0.00284. The van der Waals surface area contributed by atoms with Gasteiger partial charge in [0, 0.05) is 37.4 Å². The van der Waals surface area contributed by atoms with Crippen molar-refractivity contribution < 1.29 is 14.3 Å². The Bertz CT molecular complexity index is 780. The summed E-state index contributed by atoms with van der Waals surface area (Å²) in [6.07, 6.45) is 2.19. The van der Waals surface area contributed by atoms with E-state index in [0.717, 1.165) is 42.1 Å². The number of carbonyl (C=O) groups excluding carboxylic acids is 2. The lowest BCUT2D eigenvalue weighted by molar-refractivity contribution is -0.116. The van der Waals surface area contributed by atoms with Crippen molar-refractivity contribution in [2.24, 2.45) is 0 Å². The Hall–Kier alpha value is -1.97. The molecule has 1 amide bonds. The second-order valence-electron chi connectivity index (χ2n) is 6.35. The van der Waals surface area contributed by atoms with Crippen molar-refractivity contribution >= 4 is 45.6 Å². The Labute approximate surface area is 180 Å².